The Bertz CT molecular complexity index is 1970. The number of phenols is 3. The molecule has 0 saturated carbocycles. The molecule has 3 aromatic carbocycles. The minimum Gasteiger partial charge on any atom is -0.508 e. The number of para-hydroxylation sites is 1. The molecule has 2 unspecified atom stereocenters. The van der Waals surface area contributed by atoms with Gasteiger partial charge in [-0.1, -0.05) is 122 Å². The molecule has 11 nitrogen and oxygen atoms in total. The Morgan fingerprint density at radius 2 is 1.19 bits per heavy atom. The van der Waals surface area contributed by atoms with Crippen molar-refractivity contribution >= 4 is 43.7 Å². The van der Waals surface area contributed by atoms with Gasteiger partial charge in [-0.2, -0.15) is 0 Å². The number of sulfonamides is 2. The second-order valence-corrected chi connectivity index (χ2v) is 21.2. The molecule has 58 heavy (non-hydrogen) atoms. The van der Waals surface area contributed by atoms with E-state index in [2.05, 4.69) is 40.5 Å². The minimum atomic E-state index is -4.10. The fourth-order valence-electron chi connectivity index (χ4n) is 7.25. The topological polar surface area (TPSA) is 177 Å². The molecule has 0 amide bonds. The van der Waals surface area contributed by atoms with E-state index in [0.29, 0.717) is 11.1 Å². The fraction of sp³-hybridized carbons (Fsp3) is 0.568. The molecule has 322 valence electrons. The maximum absolute atomic E-state index is 13.3. The highest BCUT2D eigenvalue weighted by Gasteiger charge is 2.41. The molecule has 0 bridgehead atoms. The van der Waals surface area contributed by atoms with Gasteiger partial charge in [-0.3, -0.25) is 10.3 Å². The van der Waals surface area contributed by atoms with Crippen molar-refractivity contribution in [3.05, 3.63) is 71.8 Å². The number of aliphatic imine (C=N–C) groups is 1. The number of unbranched alkanes of at least 4 members (excludes halogenated alkanes) is 15. The van der Waals surface area contributed by atoms with Gasteiger partial charge in [-0.05, 0) is 62.7 Å². The van der Waals surface area contributed by atoms with Gasteiger partial charge < -0.3 is 15.3 Å². The molecule has 4 rings (SSSR count). The molecule has 1 aliphatic heterocycles. The quantitative estimate of drug-likeness (QED) is 0.0322. The van der Waals surface area contributed by atoms with Crippen molar-refractivity contribution in [1.29, 1.82) is 0 Å². The molecule has 1 saturated heterocycles. The van der Waals surface area contributed by atoms with Crippen molar-refractivity contribution in [3.63, 3.8) is 0 Å². The standard InChI is InChI=1S/C44H66N4O7S3/c1-4-5-6-7-8-9-10-11-12-13-14-15-16-17-18-19-24-42-44(2,3)56-43(48-42)37-31-35(26-28-40(37)50)57(52,53)46-29-30-47-58(54,55)36-25-27-38(41(51)32-36)45-33-34-22-20-21-23-39(34)49/h20-23,25-28,31-33,42-43,46-51H,4-19,24,29-30H2,1-3H3. The Labute approximate surface area is 352 Å². The van der Waals surface area contributed by atoms with Crippen LogP contribution in [0.1, 0.15) is 146 Å². The average molecular weight is 859 g/mol. The SMILES string of the molecule is CCCCCCCCCCCCCCCCCCC1NC(c2cc(S(=O)(=O)NCCNS(=O)(=O)c3ccc(N=Cc4ccccc4O)c(O)c3)ccc2O)SC1(C)C. The van der Waals surface area contributed by atoms with Crippen LogP contribution in [0.2, 0.25) is 0 Å². The highest BCUT2D eigenvalue weighted by molar-refractivity contribution is 8.01. The van der Waals surface area contributed by atoms with Crippen LogP contribution in [0.15, 0.2) is 75.4 Å². The summed E-state index contributed by atoms with van der Waals surface area (Å²) in [6.07, 6.45) is 23.6. The number of hydrogen-bond acceptors (Lipinski definition) is 10. The molecule has 1 aliphatic rings. The number of rotatable bonds is 27. The van der Waals surface area contributed by atoms with Crippen LogP contribution in [-0.2, 0) is 20.0 Å². The first-order chi connectivity index (χ1) is 27.7. The second-order valence-electron chi connectivity index (χ2n) is 15.9. The lowest BCUT2D eigenvalue weighted by Crippen LogP contribution is -2.36. The zero-order valence-electron chi connectivity index (χ0n) is 34.6. The van der Waals surface area contributed by atoms with E-state index in [1.165, 1.54) is 139 Å². The fourth-order valence-corrected chi connectivity index (χ4v) is 10.9. The summed E-state index contributed by atoms with van der Waals surface area (Å²) in [6, 6.07) is 14.5. The van der Waals surface area contributed by atoms with Crippen LogP contribution >= 0.6 is 11.8 Å². The first-order valence-corrected chi connectivity index (χ1v) is 25.0. The number of aromatic hydroxyl groups is 3. The summed E-state index contributed by atoms with van der Waals surface area (Å²) >= 11 is 1.68. The third kappa shape index (κ3) is 15.2. The predicted octanol–water partition coefficient (Wildman–Crippen LogP) is 9.94. The second kappa shape index (κ2) is 23.6. The van der Waals surface area contributed by atoms with Gasteiger partial charge in [0.15, 0.2) is 0 Å². The third-order valence-corrected chi connectivity index (χ3v) is 15.2. The minimum absolute atomic E-state index is 0.00802. The van der Waals surface area contributed by atoms with Crippen LogP contribution in [0, 0.1) is 0 Å². The summed E-state index contributed by atoms with van der Waals surface area (Å²) in [5, 5.41) is 34.5. The van der Waals surface area contributed by atoms with E-state index in [4.69, 9.17) is 0 Å². The van der Waals surface area contributed by atoms with E-state index in [1.807, 2.05) is 0 Å². The molecule has 1 heterocycles. The molecular formula is C44H66N4O7S3. The zero-order valence-corrected chi connectivity index (χ0v) is 37.0. The molecule has 3 aromatic rings. The van der Waals surface area contributed by atoms with E-state index >= 15 is 0 Å². The summed E-state index contributed by atoms with van der Waals surface area (Å²) in [5.41, 5.74) is 1.02. The van der Waals surface area contributed by atoms with Crippen molar-refractivity contribution in [3.8, 4) is 17.2 Å². The first kappa shape index (κ1) is 47.5. The highest BCUT2D eigenvalue weighted by atomic mass is 32.2. The molecule has 2 atom stereocenters. The van der Waals surface area contributed by atoms with E-state index in [0.717, 1.165) is 18.9 Å². The van der Waals surface area contributed by atoms with E-state index in [-0.39, 0.29) is 62.0 Å². The van der Waals surface area contributed by atoms with Gasteiger partial charge in [0.25, 0.3) is 0 Å². The highest BCUT2D eigenvalue weighted by Crippen LogP contribution is 2.49. The normalized spacial score (nSPS) is 17.0. The maximum atomic E-state index is 13.3. The van der Waals surface area contributed by atoms with Crippen molar-refractivity contribution in [1.82, 2.24) is 14.8 Å². The number of nitrogens with zero attached hydrogens (tertiary/aromatic N) is 1. The van der Waals surface area contributed by atoms with Gasteiger partial charge in [-0.25, -0.2) is 26.3 Å². The summed E-state index contributed by atoms with van der Waals surface area (Å²) in [4.78, 5) is 3.87. The van der Waals surface area contributed by atoms with E-state index in [9.17, 15) is 32.2 Å². The number of thioether (sulfide) groups is 1. The Morgan fingerprint density at radius 1 is 0.672 bits per heavy atom. The van der Waals surface area contributed by atoms with Gasteiger partial charge in [0, 0.05) is 47.3 Å². The van der Waals surface area contributed by atoms with Crippen molar-refractivity contribution in [2.45, 2.75) is 156 Å². The summed E-state index contributed by atoms with van der Waals surface area (Å²) in [6.45, 7) is 6.14. The Morgan fingerprint density at radius 3 is 1.74 bits per heavy atom. The molecule has 1 fully saturated rings. The molecular weight excluding hydrogens is 793 g/mol. The molecule has 14 heteroatoms. The van der Waals surface area contributed by atoms with E-state index < -0.39 is 20.0 Å². The Hall–Kier alpha value is -3.14. The summed E-state index contributed by atoms with van der Waals surface area (Å²) in [7, 11) is -8.14. The monoisotopic (exact) mass is 858 g/mol. The molecule has 0 aliphatic carbocycles. The Balaban J connectivity index is 1.17. The first-order valence-electron chi connectivity index (χ1n) is 21.1. The molecule has 0 radical (unpaired) electrons. The van der Waals surface area contributed by atoms with Crippen LogP contribution in [0.4, 0.5) is 5.69 Å². The molecule has 0 aromatic heterocycles. The van der Waals surface area contributed by atoms with Crippen molar-refractivity contribution < 1.29 is 32.2 Å². The number of nitrogens with one attached hydrogen (secondary N) is 3. The summed E-state index contributed by atoms with van der Waals surface area (Å²) in [5.74, 6) is -0.370. The van der Waals surface area contributed by atoms with E-state index in [1.54, 1.807) is 30.0 Å². The average Bonchev–Trinajstić information content (AvgIpc) is 3.49. The van der Waals surface area contributed by atoms with Crippen LogP contribution < -0.4 is 14.8 Å². The smallest absolute Gasteiger partial charge is 0.240 e. The van der Waals surface area contributed by atoms with Crippen LogP contribution in [-0.4, -0.2) is 62.2 Å². The largest absolute Gasteiger partial charge is 0.508 e. The van der Waals surface area contributed by atoms with Crippen LogP contribution in [0.3, 0.4) is 0 Å². The molecule has 0 spiro atoms. The maximum Gasteiger partial charge on any atom is 0.240 e. The van der Waals surface area contributed by atoms with Gasteiger partial charge in [-0.15, -0.1) is 11.8 Å². The van der Waals surface area contributed by atoms with Gasteiger partial charge in [0.05, 0.1) is 15.2 Å². The van der Waals surface area contributed by atoms with Crippen molar-refractivity contribution in [2.75, 3.05) is 13.1 Å². The number of phenolic OH excluding ortho intramolecular Hbond substituents is 3. The summed E-state index contributed by atoms with van der Waals surface area (Å²) < 4.78 is 57.1. The van der Waals surface area contributed by atoms with Gasteiger partial charge in [0.2, 0.25) is 20.0 Å². The lowest BCUT2D eigenvalue weighted by Gasteiger charge is -2.25. The van der Waals surface area contributed by atoms with Crippen LogP contribution in [0.25, 0.3) is 0 Å². The van der Waals surface area contributed by atoms with Gasteiger partial charge in [0.1, 0.15) is 22.9 Å². The lowest BCUT2D eigenvalue weighted by molar-refractivity contribution is 0.407. The Kier molecular flexibility index (Phi) is 19.3. The molecule has 6 N–H and O–H groups in total. The van der Waals surface area contributed by atoms with Crippen LogP contribution in [0.5, 0.6) is 17.2 Å². The van der Waals surface area contributed by atoms with Crippen molar-refractivity contribution in [2.24, 2.45) is 4.99 Å². The van der Waals surface area contributed by atoms with Gasteiger partial charge >= 0.3 is 0 Å². The third-order valence-electron chi connectivity index (χ3n) is 10.8. The number of benzene rings is 3. The zero-order chi connectivity index (χ0) is 42.0. The lowest BCUT2D eigenvalue weighted by atomic mass is 9.96. The number of hydrogen-bond donors (Lipinski definition) is 6. The predicted molar refractivity (Wildman–Crippen MR) is 237 cm³/mol.